The van der Waals surface area contributed by atoms with Gasteiger partial charge in [-0.2, -0.15) is 0 Å². The van der Waals surface area contributed by atoms with Gasteiger partial charge in [-0.05, 0) is 31.9 Å². The predicted molar refractivity (Wildman–Crippen MR) is 68.8 cm³/mol. The van der Waals surface area contributed by atoms with Gasteiger partial charge in [-0.3, -0.25) is 4.98 Å². The van der Waals surface area contributed by atoms with Gasteiger partial charge < -0.3 is 10.1 Å². The van der Waals surface area contributed by atoms with Crippen LogP contribution in [0.4, 0.5) is 4.39 Å². The fourth-order valence-corrected chi connectivity index (χ4v) is 2.50. The van der Waals surface area contributed by atoms with Gasteiger partial charge in [0.05, 0.1) is 12.8 Å². The van der Waals surface area contributed by atoms with Gasteiger partial charge in [0.15, 0.2) is 0 Å². The second-order valence-electron chi connectivity index (χ2n) is 4.81. The molecule has 0 aromatic carbocycles. The molecule has 0 radical (unpaired) electrons. The van der Waals surface area contributed by atoms with Crippen LogP contribution in [-0.4, -0.2) is 24.7 Å². The Bertz CT molecular complexity index is 367. The normalized spacial score (nSPS) is 21.8. The van der Waals surface area contributed by atoms with Crippen molar-refractivity contribution in [1.82, 2.24) is 10.3 Å². The van der Waals surface area contributed by atoms with Crippen LogP contribution in [0.1, 0.15) is 37.8 Å². The van der Waals surface area contributed by atoms with E-state index in [1.165, 1.54) is 6.20 Å². The molecule has 1 aliphatic rings. The topological polar surface area (TPSA) is 34.2 Å². The molecule has 0 saturated carbocycles. The van der Waals surface area contributed by atoms with Crippen molar-refractivity contribution in [2.75, 3.05) is 19.8 Å². The molecule has 0 aliphatic carbocycles. The monoisotopic (exact) mass is 252 g/mol. The summed E-state index contributed by atoms with van der Waals surface area (Å²) in [4.78, 5) is 3.82. The molecule has 1 fully saturated rings. The average Bonchev–Trinajstić information content (AvgIpc) is 2.42. The van der Waals surface area contributed by atoms with Crippen LogP contribution in [0, 0.1) is 11.7 Å². The Labute approximate surface area is 108 Å². The summed E-state index contributed by atoms with van der Waals surface area (Å²) in [7, 11) is 0. The minimum Gasteiger partial charge on any atom is -0.381 e. The summed E-state index contributed by atoms with van der Waals surface area (Å²) >= 11 is 0. The van der Waals surface area contributed by atoms with E-state index >= 15 is 0 Å². The molecule has 1 aromatic heterocycles. The molecule has 2 atom stereocenters. The zero-order valence-corrected chi connectivity index (χ0v) is 10.9. The van der Waals surface area contributed by atoms with Crippen molar-refractivity contribution in [3.8, 4) is 0 Å². The molecule has 2 unspecified atom stereocenters. The lowest BCUT2D eigenvalue weighted by Crippen LogP contribution is -2.34. The van der Waals surface area contributed by atoms with Crippen molar-refractivity contribution in [3.05, 3.63) is 29.8 Å². The molecule has 18 heavy (non-hydrogen) atoms. The summed E-state index contributed by atoms with van der Waals surface area (Å²) in [6, 6.07) is 1.81. The first kappa shape index (κ1) is 13.4. The van der Waals surface area contributed by atoms with Crippen molar-refractivity contribution in [2.24, 2.45) is 5.92 Å². The van der Waals surface area contributed by atoms with Crippen molar-refractivity contribution in [3.63, 3.8) is 0 Å². The lowest BCUT2D eigenvalue weighted by Gasteiger charge is -2.31. The fourth-order valence-electron chi connectivity index (χ4n) is 2.50. The minimum absolute atomic E-state index is 0.0354. The van der Waals surface area contributed by atoms with Crippen molar-refractivity contribution in [1.29, 1.82) is 0 Å². The lowest BCUT2D eigenvalue weighted by molar-refractivity contribution is 0.0385. The first-order chi connectivity index (χ1) is 8.83. The standard InChI is InChI=1S/C14H21FN2O/c1-2-6-17-14(11-4-3-8-18-10-11)12-5-7-16-9-13(12)15/h5,7,9,11,14,17H,2-4,6,8,10H2,1H3. The maximum absolute atomic E-state index is 13.9. The average molecular weight is 252 g/mol. The molecule has 2 heterocycles. The van der Waals surface area contributed by atoms with Gasteiger partial charge in [0.25, 0.3) is 0 Å². The Morgan fingerprint density at radius 2 is 2.50 bits per heavy atom. The maximum atomic E-state index is 13.9. The molecule has 0 spiro atoms. The van der Waals surface area contributed by atoms with Gasteiger partial charge in [-0.15, -0.1) is 0 Å². The maximum Gasteiger partial charge on any atom is 0.146 e. The Morgan fingerprint density at radius 3 is 3.17 bits per heavy atom. The molecule has 1 saturated heterocycles. The smallest absolute Gasteiger partial charge is 0.146 e. The quantitative estimate of drug-likeness (QED) is 0.875. The zero-order valence-electron chi connectivity index (χ0n) is 10.9. The van der Waals surface area contributed by atoms with E-state index < -0.39 is 0 Å². The van der Waals surface area contributed by atoms with Crippen molar-refractivity contribution in [2.45, 2.75) is 32.2 Å². The molecule has 4 heteroatoms. The number of hydrogen-bond donors (Lipinski definition) is 1. The van der Waals surface area contributed by atoms with E-state index in [0.29, 0.717) is 18.1 Å². The number of halogens is 1. The number of hydrogen-bond acceptors (Lipinski definition) is 3. The molecule has 1 aliphatic heterocycles. The van der Waals surface area contributed by atoms with Gasteiger partial charge in [0, 0.05) is 30.3 Å². The van der Waals surface area contributed by atoms with Gasteiger partial charge >= 0.3 is 0 Å². The van der Waals surface area contributed by atoms with Gasteiger partial charge in [-0.25, -0.2) is 4.39 Å². The minimum atomic E-state index is -0.225. The highest BCUT2D eigenvalue weighted by Gasteiger charge is 2.27. The number of aromatic nitrogens is 1. The summed E-state index contributed by atoms with van der Waals surface area (Å²) in [6.07, 6.45) is 6.13. The van der Waals surface area contributed by atoms with Crippen LogP contribution in [0.5, 0.6) is 0 Å². The molecule has 2 rings (SSSR count). The highest BCUT2D eigenvalue weighted by atomic mass is 19.1. The van der Waals surface area contributed by atoms with E-state index in [-0.39, 0.29) is 11.9 Å². The Balaban J connectivity index is 2.15. The number of pyridine rings is 1. The van der Waals surface area contributed by atoms with Crippen LogP contribution in [0.3, 0.4) is 0 Å². The molecular weight excluding hydrogens is 231 g/mol. The van der Waals surface area contributed by atoms with Crippen LogP contribution in [0.15, 0.2) is 18.5 Å². The van der Waals surface area contributed by atoms with Gasteiger partial charge in [0.2, 0.25) is 0 Å². The number of nitrogens with zero attached hydrogens (tertiary/aromatic N) is 1. The second-order valence-corrected chi connectivity index (χ2v) is 4.81. The van der Waals surface area contributed by atoms with E-state index in [2.05, 4.69) is 17.2 Å². The molecule has 0 amide bonds. The summed E-state index contributed by atoms with van der Waals surface area (Å²) in [5.41, 5.74) is 0.717. The van der Waals surface area contributed by atoms with Crippen LogP contribution in [0.2, 0.25) is 0 Å². The van der Waals surface area contributed by atoms with Crippen molar-refractivity contribution < 1.29 is 9.13 Å². The molecular formula is C14H21FN2O. The van der Waals surface area contributed by atoms with Gasteiger partial charge in [-0.1, -0.05) is 6.92 Å². The Morgan fingerprint density at radius 1 is 1.61 bits per heavy atom. The number of ether oxygens (including phenoxy) is 1. The molecule has 1 N–H and O–H groups in total. The highest BCUT2D eigenvalue weighted by Crippen LogP contribution is 2.29. The Kier molecular flexibility index (Phi) is 5.08. The first-order valence-corrected chi connectivity index (χ1v) is 6.73. The molecule has 0 bridgehead atoms. The lowest BCUT2D eigenvalue weighted by atomic mass is 9.89. The summed E-state index contributed by atoms with van der Waals surface area (Å²) in [5.74, 6) is 0.124. The van der Waals surface area contributed by atoms with E-state index in [0.717, 1.165) is 32.4 Å². The predicted octanol–water partition coefficient (Wildman–Crippen LogP) is 2.69. The third-order valence-electron chi connectivity index (χ3n) is 3.42. The van der Waals surface area contributed by atoms with E-state index in [9.17, 15) is 4.39 Å². The highest BCUT2D eigenvalue weighted by molar-refractivity contribution is 5.18. The van der Waals surface area contributed by atoms with Crippen LogP contribution in [0.25, 0.3) is 0 Å². The first-order valence-electron chi connectivity index (χ1n) is 6.73. The van der Waals surface area contributed by atoms with Crippen LogP contribution in [-0.2, 0) is 4.74 Å². The fraction of sp³-hybridized carbons (Fsp3) is 0.643. The third kappa shape index (κ3) is 3.27. The molecule has 3 nitrogen and oxygen atoms in total. The zero-order chi connectivity index (χ0) is 12.8. The Hall–Kier alpha value is -1.00. The third-order valence-corrected chi connectivity index (χ3v) is 3.42. The second kappa shape index (κ2) is 6.81. The summed E-state index contributed by atoms with van der Waals surface area (Å²) in [6.45, 7) is 4.55. The molecule has 100 valence electrons. The van der Waals surface area contributed by atoms with Crippen LogP contribution >= 0.6 is 0 Å². The van der Waals surface area contributed by atoms with E-state index in [1.54, 1.807) is 12.3 Å². The summed E-state index contributed by atoms with van der Waals surface area (Å²) < 4.78 is 19.4. The largest absolute Gasteiger partial charge is 0.381 e. The van der Waals surface area contributed by atoms with E-state index in [1.807, 2.05) is 0 Å². The van der Waals surface area contributed by atoms with Crippen LogP contribution < -0.4 is 5.32 Å². The summed E-state index contributed by atoms with van der Waals surface area (Å²) in [5, 5.41) is 3.45. The SMILES string of the molecule is CCCNC(c1ccncc1F)C1CCCOC1. The van der Waals surface area contributed by atoms with E-state index in [4.69, 9.17) is 4.74 Å². The molecule has 1 aromatic rings. The number of rotatable bonds is 5. The van der Waals surface area contributed by atoms with Gasteiger partial charge in [0.1, 0.15) is 5.82 Å². The number of nitrogens with one attached hydrogen (secondary N) is 1. The van der Waals surface area contributed by atoms with Crippen molar-refractivity contribution >= 4 is 0 Å².